The van der Waals surface area contributed by atoms with Gasteiger partial charge >= 0.3 is 0 Å². The molecule has 0 spiro atoms. The van der Waals surface area contributed by atoms with Crippen LogP contribution in [0.1, 0.15) is 35.7 Å². The van der Waals surface area contributed by atoms with Crippen molar-refractivity contribution in [1.29, 1.82) is 0 Å². The number of benzene rings is 1. The number of hydrogen-bond donors (Lipinski definition) is 0. The Kier molecular flexibility index (Phi) is 3.01. The maximum atomic E-state index is 4.66. The molecule has 2 aromatic rings. The molecule has 0 N–H and O–H groups in total. The fourth-order valence-electron chi connectivity index (χ4n) is 2.80. The van der Waals surface area contributed by atoms with E-state index >= 15 is 0 Å². The van der Waals surface area contributed by atoms with Crippen LogP contribution in [0, 0.1) is 6.92 Å². The van der Waals surface area contributed by atoms with E-state index in [1.807, 2.05) is 13.1 Å². The zero-order chi connectivity index (χ0) is 14.3. The summed E-state index contributed by atoms with van der Waals surface area (Å²) in [6, 6.07) is 4.30. The summed E-state index contributed by atoms with van der Waals surface area (Å²) in [5.74, 6) is 0. The van der Waals surface area contributed by atoms with E-state index in [1.165, 1.54) is 22.3 Å². The third-order valence-corrected chi connectivity index (χ3v) is 4.00. The highest BCUT2D eigenvalue weighted by atomic mass is 14.8. The molecule has 0 aliphatic heterocycles. The Morgan fingerprint density at radius 2 is 1.90 bits per heavy atom. The summed E-state index contributed by atoms with van der Waals surface area (Å²) in [7, 11) is 0. The van der Waals surface area contributed by atoms with E-state index < -0.39 is 0 Å². The van der Waals surface area contributed by atoms with Crippen molar-refractivity contribution in [2.75, 3.05) is 0 Å². The molecule has 1 aromatic heterocycles. The van der Waals surface area contributed by atoms with Gasteiger partial charge in [-0.2, -0.15) is 0 Å². The summed E-state index contributed by atoms with van der Waals surface area (Å²) >= 11 is 0. The number of nitrogens with zero attached hydrogens (tertiary/aromatic N) is 2. The molecule has 2 nitrogen and oxygen atoms in total. The van der Waals surface area contributed by atoms with Crippen LogP contribution in [0.15, 0.2) is 37.7 Å². The molecule has 0 saturated heterocycles. The van der Waals surface area contributed by atoms with E-state index in [0.29, 0.717) is 0 Å². The first-order chi connectivity index (χ1) is 9.58. The van der Waals surface area contributed by atoms with Gasteiger partial charge < -0.3 is 0 Å². The van der Waals surface area contributed by atoms with Crippen LogP contribution in [0.4, 0.5) is 0 Å². The Hall–Kier alpha value is -2.22. The minimum atomic E-state index is 0.854. The summed E-state index contributed by atoms with van der Waals surface area (Å²) in [5.41, 5.74) is 9.15. The minimum Gasteiger partial charge on any atom is -0.260 e. The molecule has 0 unspecified atom stereocenters. The second kappa shape index (κ2) is 4.71. The monoisotopic (exact) mass is 262 g/mol. The maximum Gasteiger partial charge on any atom is 0.0895 e. The molecule has 0 bridgehead atoms. The fraction of sp³-hybridized carbons (Fsp3) is 0.222. The van der Waals surface area contributed by atoms with Crippen LogP contribution in [0.2, 0.25) is 0 Å². The predicted octanol–water partition coefficient (Wildman–Crippen LogP) is 4.44. The van der Waals surface area contributed by atoms with Gasteiger partial charge in [-0.1, -0.05) is 25.3 Å². The third-order valence-electron chi connectivity index (χ3n) is 4.00. The summed E-state index contributed by atoms with van der Waals surface area (Å²) in [5, 5.41) is 0. The maximum absolute atomic E-state index is 4.66. The number of hydrogen-bond acceptors (Lipinski definition) is 2. The lowest BCUT2D eigenvalue weighted by Gasteiger charge is -2.11. The van der Waals surface area contributed by atoms with Gasteiger partial charge in [0, 0.05) is 5.56 Å². The van der Waals surface area contributed by atoms with Crippen LogP contribution < -0.4 is 0 Å². The minimum absolute atomic E-state index is 0.854. The van der Waals surface area contributed by atoms with Crippen LogP contribution in [0.5, 0.6) is 0 Å². The van der Waals surface area contributed by atoms with Gasteiger partial charge in [-0.3, -0.25) is 4.98 Å². The highest BCUT2D eigenvalue weighted by Gasteiger charge is 2.19. The lowest BCUT2D eigenvalue weighted by Crippen LogP contribution is -1.96. The fourth-order valence-corrected chi connectivity index (χ4v) is 2.80. The van der Waals surface area contributed by atoms with E-state index in [-0.39, 0.29) is 0 Å². The molecule has 0 fully saturated rings. The van der Waals surface area contributed by atoms with Gasteiger partial charge in [0.1, 0.15) is 0 Å². The van der Waals surface area contributed by atoms with Crippen molar-refractivity contribution >= 4 is 11.1 Å². The first kappa shape index (κ1) is 12.8. The largest absolute Gasteiger partial charge is 0.260 e. The molecule has 1 aliphatic carbocycles. The highest BCUT2D eigenvalue weighted by molar-refractivity contribution is 5.77. The van der Waals surface area contributed by atoms with Gasteiger partial charge in [-0.25, -0.2) is 4.98 Å². The Morgan fingerprint density at radius 3 is 2.65 bits per heavy atom. The number of aromatic nitrogens is 2. The van der Waals surface area contributed by atoms with Crippen molar-refractivity contribution in [2.24, 2.45) is 0 Å². The molecule has 0 amide bonds. The molecule has 2 heteroatoms. The molecular weight excluding hydrogens is 244 g/mol. The van der Waals surface area contributed by atoms with Crippen LogP contribution in [0.3, 0.4) is 0 Å². The van der Waals surface area contributed by atoms with Gasteiger partial charge in [0.05, 0.1) is 23.8 Å². The average molecular weight is 262 g/mol. The average Bonchev–Trinajstić information content (AvgIpc) is 2.82. The molecule has 1 heterocycles. The second-order valence-electron chi connectivity index (χ2n) is 5.44. The van der Waals surface area contributed by atoms with Gasteiger partial charge in [0.15, 0.2) is 0 Å². The van der Waals surface area contributed by atoms with Crippen LogP contribution in [0.25, 0.3) is 22.4 Å². The standard InChI is InChI=1S/C18H18N2/c1-11(2)17-9-19-10-18(20-17)16-8-7-14-12(3)5-6-15(14)13(16)4/h7-10H,1,3,5-6H2,2,4H3. The van der Waals surface area contributed by atoms with Crippen molar-refractivity contribution in [2.45, 2.75) is 26.7 Å². The zero-order valence-electron chi connectivity index (χ0n) is 12.0. The molecule has 3 rings (SSSR count). The van der Waals surface area contributed by atoms with Crippen molar-refractivity contribution in [1.82, 2.24) is 9.97 Å². The molecule has 0 saturated carbocycles. The van der Waals surface area contributed by atoms with Crippen molar-refractivity contribution < 1.29 is 0 Å². The summed E-state index contributed by atoms with van der Waals surface area (Å²) in [6.07, 6.45) is 5.74. The van der Waals surface area contributed by atoms with Crippen molar-refractivity contribution in [3.05, 3.63) is 60.1 Å². The van der Waals surface area contributed by atoms with Gasteiger partial charge in [-0.05, 0) is 54.5 Å². The lowest BCUT2D eigenvalue weighted by molar-refractivity contribution is 1.06. The van der Waals surface area contributed by atoms with Crippen molar-refractivity contribution in [3.63, 3.8) is 0 Å². The second-order valence-corrected chi connectivity index (χ2v) is 5.44. The van der Waals surface area contributed by atoms with Crippen LogP contribution >= 0.6 is 0 Å². The lowest BCUT2D eigenvalue weighted by atomic mass is 9.96. The summed E-state index contributed by atoms with van der Waals surface area (Å²) in [6.45, 7) is 12.2. The van der Waals surface area contributed by atoms with Gasteiger partial charge in [0.25, 0.3) is 0 Å². The van der Waals surface area contributed by atoms with Gasteiger partial charge in [0.2, 0.25) is 0 Å². The number of rotatable bonds is 2. The van der Waals surface area contributed by atoms with E-state index in [2.05, 4.69) is 42.2 Å². The zero-order valence-corrected chi connectivity index (χ0v) is 12.0. The van der Waals surface area contributed by atoms with Gasteiger partial charge in [-0.15, -0.1) is 0 Å². The van der Waals surface area contributed by atoms with Crippen molar-refractivity contribution in [3.8, 4) is 11.3 Å². The molecule has 0 radical (unpaired) electrons. The highest BCUT2D eigenvalue weighted by Crippen LogP contribution is 2.36. The topological polar surface area (TPSA) is 25.8 Å². The normalized spacial score (nSPS) is 13.4. The van der Waals surface area contributed by atoms with E-state index in [1.54, 1.807) is 6.20 Å². The third kappa shape index (κ3) is 1.97. The Labute approximate surface area is 119 Å². The molecule has 1 aliphatic rings. The number of fused-ring (bicyclic) bond motifs is 1. The van der Waals surface area contributed by atoms with Crippen LogP contribution in [-0.2, 0) is 6.42 Å². The molecule has 0 atom stereocenters. The molecular formula is C18H18N2. The summed E-state index contributed by atoms with van der Waals surface area (Å²) < 4.78 is 0. The van der Waals surface area contributed by atoms with E-state index in [9.17, 15) is 0 Å². The van der Waals surface area contributed by atoms with E-state index in [0.717, 1.165) is 35.4 Å². The van der Waals surface area contributed by atoms with Crippen LogP contribution in [-0.4, -0.2) is 9.97 Å². The molecule has 100 valence electrons. The number of allylic oxidation sites excluding steroid dienone is 2. The first-order valence-corrected chi connectivity index (χ1v) is 6.87. The first-order valence-electron chi connectivity index (χ1n) is 6.87. The molecule has 20 heavy (non-hydrogen) atoms. The Morgan fingerprint density at radius 1 is 1.15 bits per heavy atom. The smallest absolute Gasteiger partial charge is 0.0895 e. The summed E-state index contributed by atoms with van der Waals surface area (Å²) in [4.78, 5) is 8.95. The Bertz CT molecular complexity index is 726. The molecule has 1 aromatic carbocycles. The van der Waals surface area contributed by atoms with E-state index in [4.69, 9.17) is 0 Å². The predicted molar refractivity (Wildman–Crippen MR) is 84.3 cm³/mol. The quantitative estimate of drug-likeness (QED) is 0.799. The Balaban J connectivity index is 2.14. The SMILES string of the molecule is C=C(C)c1cncc(-c2ccc3c(c2C)CCC3=C)n1.